The second kappa shape index (κ2) is 3.84. The summed E-state index contributed by atoms with van der Waals surface area (Å²) in [5, 5.41) is 1.31. The van der Waals surface area contributed by atoms with Crippen LogP contribution in [0.4, 0.5) is 0 Å². The summed E-state index contributed by atoms with van der Waals surface area (Å²) in [6.45, 7) is 0. The van der Waals surface area contributed by atoms with Gasteiger partial charge in [0.15, 0.2) is 0 Å². The van der Waals surface area contributed by atoms with Gasteiger partial charge < -0.3 is 0 Å². The molecular formula is C10H8ClN3O. The molecule has 1 amide bonds. The molecule has 76 valence electrons. The zero-order valence-electron chi connectivity index (χ0n) is 7.70. The lowest BCUT2D eigenvalue weighted by Crippen LogP contribution is -2.30. The number of nitrogens with one attached hydrogen (secondary N) is 1. The van der Waals surface area contributed by atoms with E-state index in [0.717, 1.165) is 5.39 Å². The van der Waals surface area contributed by atoms with Crippen LogP contribution >= 0.6 is 11.6 Å². The number of fused-ring (bicyclic) bond motifs is 1. The van der Waals surface area contributed by atoms with E-state index in [1.807, 2.05) is 0 Å². The number of nitrogen functional groups attached to an aromatic ring is 1. The van der Waals surface area contributed by atoms with Gasteiger partial charge in [0.05, 0.1) is 11.1 Å². The van der Waals surface area contributed by atoms with Gasteiger partial charge in [0.25, 0.3) is 5.91 Å². The normalized spacial score (nSPS) is 10.3. The van der Waals surface area contributed by atoms with E-state index in [1.165, 1.54) is 0 Å². The lowest BCUT2D eigenvalue weighted by Gasteiger charge is -2.04. The Bertz CT molecular complexity index is 527. The van der Waals surface area contributed by atoms with Crippen LogP contribution in [0, 0.1) is 0 Å². The average Bonchev–Trinajstić information content (AvgIpc) is 2.26. The smallest absolute Gasteiger partial charge is 0.265 e. The van der Waals surface area contributed by atoms with Crippen LogP contribution in [0.3, 0.4) is 0 Å². The van der Waals surface area contributed by atoms with E-state index < -0.39 is 0 Å². The van der Waals surface area contributed by atoms with E-state index in [9.17, 15) is 4.79 Å². The highest BCUT2D eigenvalue weighted by Crippen LogP contribution is 2.20. The molecule has 0 unspecified atom stereocenters. The number of hydrogen-bond donors (Lipinski definition) is 2. The number of aromatic nitrogens is 1. The highest BCUT2D eigenvalue weighted by atomic mass is 35.5. The summed E-state index contributed by atoms with van der Waals surface area (Å²) in [5.74, 6) is 4.74. The number of hydrogen-bond acceptors (Lipinski definition) is 3. The number of benzene rings is 1. The van der Waals surface area contributed by atoms with Gasteiger partial charge in [-0.1, -0.05) is 17.7 Å². The number of amides is 1. The lowest BCUT2D eigenvalue weighted by atomic mass is 10.1. The molecule has 0 aliphatic carbocycles. The zero-order chi connectivity index (χ0) is 10.8. The fourth-order valence-corrected chi connectivity index (χ4v) is 1.56. The summed E-state index contributed by atoms with van der Waals surface area (Å²) in [7, 11) is 0. The molecule has 5 heteroatoms. The minimum Gasteiger partial charge on any atom is -0.290 e. The zero-order valence-corrected chi connectivity index (χ0v) is 8.45. The monoisotopic (exact) mass is 221 g/mol. The predicted octanol–water partition coefficient (Wildman–Crippen LogP) is 1.49. The molecule has 2 aromatic rings. The third-order valence-corrected chi connectivity index (χ3v) is 2.32. The first-order valence-corrected chi connectivity index (χ1v) is 4.65. The topological polar surface area (TPSA) is 68.0 Å². The Morgan fingerprint density at radius 1 is 1.40 bits per heavy atom. The van der Waals surface area contributed by atoms with Gasteiger partial charge in [-0.25, -0.2) is 5.84 Å². The van der Waals surface area contributed by atoms with Crippen LogP contribution in [0.15, 0.2) is 30.5 Å². The summed E-state index contributed by atoms with van der Waals surface area (Å²) < 4.78 is 0. The third kappa shape index (κ3) is 1.77. The van der Waals surface area contributed by atoms with E-state index in [0.29, 0.717) is 16.1 Å². The molecular weight excluding hydrogens is 214 g/mol. The van der Waals surface area contributed by atoms with Gasteiger partial charge in [-0.15, -0.1) is 0 Å². The fourth-order valence-electron chi connectivity index (χ4n) is 1.40. The van der Waals surface area contributed by atoms with Crippen LogP contribution in [0.25, 0.3) is 10.9 Å². The van der Waals surface area contributed by atoms with Gasteiger partial charge in [0.2, 0.25) is 0 Å². The molecule has 0 atom stereocenters. The summed E-state index contributed by atoms with van der Waals surface area (Å²) in [6, 6.07) is 6.76. The molecule has 3 N–H and O–H groups in total. The molecule has 0 bridgehead atoms. The number of carbonyl (C=O) groups excluding carboxylic acids is 1. The molecule has 0 fully saturated rings. The summed E-state index contributed by atoms with van der Waals surface area (Å²) in [5.41, 5.74) is 3.24. The van der Waals surface area contributed by atoms with Crippen LogP contribution < -0.4 is 11.3 Å². The van der Waals surface area contributed by atoms with Crippen molar-refractivity contribution in [3.63, 3.8) is 0 Å². The molecule has 0 saturated heterocycles. The Hall–Kier alpha value is -1.65. The van der Waals surface area contributed by atoms with Crippen molar-refractivity contribution in [2.45, 2.75) is 0 Å². The second-order valence-electron chi connectivity index (χ2n) is 2.99. The van der Waals surface area contributed by atoms with Gasteiger partial charge in [0.1, 0.15) is 0 Å². The van der Waals surface area contributed by atoms with E-state index in [4.69, 9.17) is 17.4 Å². The Balaban J connectivity index is 2.71. The van der Waals surface area contributed by atoms with Crippen molar-refractivity contribution in [3.8, 4) is 0 Å². The largest absolute Gasteiger partial charge is 0.290 e. The molecule has 1 heterocycles. The van der Waals surface area contributed by atoms with Gasteiger partial charge in [0, 0.05) is 16.6 Å². The van der Waals surface area contributed by atoms with Crippen LogP contribution in [-0.4, -0.2) is 10.9 Å². The van der Waals surface area contributed by atoms with E-state index in [2.05, 4.69) is 10.4 Å². The summed E-state index contributed by atoms with van der Waals surface area (Å²) >= 11 is 5.82. The van der Waals surface area contributed by atoms with Crippen molar-refractivity contribution in [3.05, 3.63) is 41.0 Å². The number of pyridine rings is 1. The first-order chi connectivity index (χ1) is 7.22. The maximum Gasteiger partial charge on any atom is 0.265 e. The van der Waals surface area contributed by atoms with Crippen molar-refractivity contribution in [1.29, 1.82) is 0 Å². The fraction of sp³-hybridized carbons (Fsp3) is 0. The van der Waals surface area contributed by atoms with Gasteiger partial charge >= 0.3 is 0 Å². The lowest BCUT2D eigenvalue weighted by molar-refractivity contribution is 0.0955. The number of carbonyl (C=O) groups is 1. The predicted molar refractivity (Wildman–Crippen MR) is 58.4 cm³/mol. The minimum absolute atomic E-state index is 0.343. The van der Waals surface area contributed by atoms with Crippen molar-refractivity contribution in [2.24, 2.45) is 5.84 Å². The maximum atomic E-state index is 11.4. The van der Waals surface area contributed by atoms with Crippen LogP contribution in [0.1, 0.15) is 10.4 Å². The number of nitrogens with two attached hydrogens (primary N) is 1. The molecule has 4 nitrogen and oxygen atoms in total. The second-order valence-corrected chi connectivity index (χ2v) is 3.43. The SMILES string of the molecule is NNC(=O)c1ccnc2cc(Cl)ccc12. The van der Waals surface area contributed by atoms with Crippen molar-refractivity contribution in [2.75, 3.05) is 0 Å². The quantitative estimate of drug-likeness (QED) is 0.436. The Morgan fingerprint density at radius 2 is 2.20 bits per heavy atom. The molecule has 0 spiro atoms. The number of hydrazine groups is 1. The minimum atomic E-state index is -0.343. The average molecular weight is 222 g/mol. The van der Waals surface area contributed by atoms with Crippen molar-refractivity contribution in [1.82, 2.24) is 10.4 Å². The molecule has 15 heavy (non-hydrogen) atoms. The Morgan fingerprint density at radius 3 is 2.93 bits per heavy atom. The van der Waals surface area contributed by atoms with Crippen LogP contribution in [-0.2, 0) is 0 Å². The third-order valence-electron chi connectivity index (χ3n) is 2.08. The first-order valence-electron chi connectivity index (χ1n) is 4.27. The van der Waals surface area contributed by atoms with Crippen molar-refractivity contribution >= 4 is 28.4 Å². The molecule has 0 aliphatic rings. The molecule has 2 rings (SSSR count). The van der Waals surface area contributed by atoms with E-state index >= 15 is 0 Å². The Kier molecular flexibility index (Phi) is 2.53. The van der Waals surface area contributed by atoms with Crippen LogP contribution in [0.2, 0.25) is 5.02 Å². The van der Waals surface area contributed by atoms with Crippen LogP contribution in [0.5, 0.6) is 0 Å². The number of halogens is 1. The number of nitrogens with zero attached hydrogens (tertiary/aromatic N) is 1. The first kappa shape index (κ1) is 9.89. The van der Waals surface area contributed by atoms with Crippen molar-refractivity contribution < 1.29 is 4.79 Å². The molecule has 0 aliphatic heterocycles. The van der Waals surface area contributed by atoms with Gasteiger partial charge in [-0.2, -0.15) is 0 Å². The number of rotatable bonds is 1. The molecule has 0 radical (unpaired) electrons. The van der Waals surface area contributed by atoms with E-state index in [1.54, 1.807) is 30.5 Å². The Labute approximate surface area is 91.0 Å². The highest BCUT2D eigenvalue weighted by molar-refractivity contribution is 6.31. The molecule has 0 saturated carbocycles. The van der Waals surface area contributed by atoms with E-state index in [-0.39, 0.29) is 5.91 Å². The highest BCUT2D eigenvalue weighted by Gasteiger charge is 2.08. The van der Waals surface area contributed by atoms with Gasteiger partial charge in [-0.3, -0.25) is 15.2 Å². The molecule has 1 aromatic carbocycles. The standard InChI is InChI=1S/C10H8ClN3O/c11-6-1-2-7-8(10(15)14-12)3-4-13-9(7)5-6/h1-5H,12H2,(H,14,15). The molecule has 1 aromatic heterocycles. The maximum absolute atomic E-state index is 11.4. The summed E-state index contributed by atoms with van der Waals surface area (Å²) in [4.78, 5) is 15.5. The van der Waals surface area contributed by atoms with Gasteiger partial charge in [-0.05, 0) is 18.2 Å². The summed E-state index contributed by atoms with van der Waals surface area (Å²) in [6.07, 6.45) is 1.54.